The van der Waals surface area contributed by atoms with Crippen LogP contribution in [0.15, 0.2) is 48.5 Å². The molecule has 0 N–H and O–H groups in total. The first-order valence-corrected chi connectivity index (χ1v) is 13.8. The fraction of sp³-hybridized carbons (Fsp3) is 0.533. The van der Waals surface area contributed by atoms with Crippen LogP contribution in [0.3, 0.4) is 0 Å². The third-order valence-corrected chi connectivity index (χ3v) is 6.84. The molecule has 0 spiro atoms. The normalized spacial score (nSPS) is 12.6. The van der Waals surface area contributed by atoms with Crippen molar-refractivity contribution < 1.29 is 23.8 Å². The van der Waals surface area contributed by atoms with Crippen molar-refractivity contribution in [2.75, 3.05) is 6.61 Å². The van der Waals surface area contributed by atoms with E-state index in [1.807, 2.05) is 13.8 Å². The first-order chi connectivity index (χ1) is 17.4. The molecule has 0 aliphatic carbocycles. The van der Waals surface area contributed by atoms with E-state index < -0.39 is 17.3 Å². The Labute approximate surface area is 221 Å². The number of carbonyl (C=O) groups is 2. The van der Waals surface area contributed by atoms with Crippen LogP contribution in [-0.2, 0) is 4.79 Å². The van der Waals surface area contributed by atoms with Gasteiger partial charge in [0.2, 0.25) is 0 Å². The predicted octanol–water partition coefficient (Wildman–Crippen LogP) is 8.37. The molecule has 2 rings (SSSR count). The second-order valence-electron chi connectivity index (χ2n) is 9.27. The van der Waals surface area contributed by atoms with Gasteiger partial charge in [0.15, 0.2) is 0 Å². The van der Waals surface area contributed by atoms with Gasteiger partial charge < -0.3 is 14.2 Å². The number of benzene rings is 2. The van der Waals surface area contributed by atoms with E-state index in [1.54, 1.807) is 48.5 Å². The van der Waals surface area contributed by atoms with Gasteiger partial charge in [0, 0.05) is 0 Å². The molecule has 2 unspecified atom stereocenters. The van der Waals surface area contributed by atoms with Gasteiger partial charge in [0.05, 0.1) is 12.2 Å². The summed E-state index contributed by atoms with van der Waals surface area (Å²) >= 11 is 6.13. The maximum atomic E-state index is 12.5. The lowest BCUT2D eigenvalue weighted by Gasteiger charge is -2.15. The van der Waals surface area contributed by atoms with E-state index in [-0.39, 0.29) is 5.92 Å². The van der Waals surface area contributed by atoms with Crippen molar-refractivity contribution in [3.63, 3.8) is 0 Å². The molecule has 0 radical (unpaired) electrons. The van der Waals surface area contributed by atoms with Gasteiger partial charge >= 0.3 is 11.9 Å². The number of ether oxygens (including phenoxy) is 3. The van der Waals surface area contributed by atoms with Gasteiger partial charge in [0.25, 0.3) is 0 Å². The molecule has 0 bridgehead atoms. The molecule has 0 saturated carbocycles. The van der Waals surface area contributed by atoms with Gasteiger partial charge in [-0.15, -0.1) is 11.6 Å². The number of carbonyl (C=O) groups excluding carboxylic acids is 2. The van der Waals surface area contributed by atoms with Crippen LogP contribution in [0.4, 0.5) is 0 Å². The highest BCUT2D eigenvalue weighted by atomic mass is 35.5. The Balaban J connectivity index is 1.69. The summed E-state index contributed by atoms with van der Waals surface area (Å²) in [5.74, 6) is 0.508. The Bertz CT molecular complexity index is 895. The Morgan fingerprint density at radius 3 is 1.78 bits per heavy atom. The van der Waals surface area contributed by atoms with Crippen molar-refractivity contribution in [3.8, 4) is 17.2 Å². The first-order valence-electron chi connectivity index (χ1n) is 13.4. The summed E-state index contributed by atoms with van der Waals surface area (Å²) in [7, 11) is 0. The lowest BCUT2D eigenvalue weighted by molar-refractivity contribution is -0.134. The minimum atomic E-state index is -0.704. The average Bonchev–Trinajstić information content (AvgIpc) is 2.90. The third kappa shape index (κ3) is 11.0. The lowest BCUT2D eigenvalue weighted by atomic mass is 10.1. The van der Waals surface area contributed by atoms with Gasteiger partial charge in [-0.2, -0.15) is 0 Å². The fourth-order valence-corrected chi connectivity index (χ4v) is 3.87. The number of halogens is 1. The van der Waals surface area contributed by atoms with E-state index in [2.05, 4.69) is 6.92 Å². The van der Waals surface area contributed by atoms with Gasteiger partial charge in [-0.05, 0) is 60.9 Å². The quantitative estimate of drug-likeness (QED) is 0.0914. The first kappa shape index (κ1) is 29.7. The molecule has 0 fully saturated rings. The van der Waals surface area contributed by atoms with E-state index >= 15 is 0 Å². The monoisotopic (exact) mass is 516 g/mol. The molecule has 2 aromatic carbocycles. The minimum Gasteiger partial charge on any atom is -0.494 e. The molecule has 6 heteroatoms. The number of alkyl halides is 1. The largest absolute Gasteiger partial charge is 0.494 e. The van der Waals surface area contributed by atoms with E-state index in [1.165, 1.54) is 51.4 Å². The molecule has 2 aromatic rings. The molecule has 5 nitrogen and oxygen atoms in total. The SMILES string of the molecule is CCCCCCCCCCCOc1ccc(C(=O)Oc2ccc(OC(=O)C(Cl)C(C)CC)cc2)cc1. The lowest BCUT2D eigenvalue weighted by Crippen LogP contribution is -2.26. The highest BCUT2D eigenvalue weighted by Gasteiger charge is 2.23. The van der Waals surface area contributed by atoms with Crippen LogP contribution in [0.5, 0.6) is 17.2 Å². The molecule has 198 valence electrons. The number of hydrogen-bond donors (Lipinski definition) is 0. The van der Waals surface area contributed by atoms with E-state index in [0.29, 0.717) is 23.7 Å². The van der Waals surface area contributed by atoms with Crippen molar-refractivity contribution >= 4 is 23.5 Å². The zero-order valence-electron chi connectivity index (χ0n) is 22.0. The van der Waals surface area contributed by atoms with Crippen molar-refractivity contribution in [1.29, 1.82) is 0 Å². The zero-order valence-corrected chi connectivity index (χ0v) is 22.7. The van der Waals surface area contributed by atoms with Crippen molar-refractivity contribution in [2.24, 2.45) is 5.92 Å². The summed E-state index contributed by atoms with van der Waals surface area (Å²) < 4.78 is 16.5. The van der Waals surface area contributed by atoms with Crippen molar-refractivity contribution in [1.82, 2.24) is 0 Å². The molecule has 0 amide bonds. The smallest absolute Gasteiger partial charge is 0.343 e. The van der Waals surface area contributed by atoms with Gasteiger partial charge in [-0.3, -0.25) is 4.79 Å². The van der Waals surface area contributed by atoms with Gasteiger partial charge in [0.1, 0.15) is 22.6 Å². The summed E-state index contributed by atoms with van der Waals surface area (Å²) in [6.45, 7) is 6.79. The molecule has 0 saturated heterocycles. The highest BCUT2D eigenvalue weighted by molar-refractivity contribution is 6.30. The number of esters is 2. The Morgan fingerprint density at radius 2 is 1.22 bits per heavy atom. The molecule has 0 heterocycles. The molecular formula is C30H41ClO5. The van der Waals surface area contributed by atoms with Crippen LogP contribution in [0.25, 0.3) is 0 Å². The van der Waals surface area contributed by atoms with E-state index in [4.69, 9.17) is 25.8 Å². The Kier molecular flexibility index (Phi) is 14.0. The van der Waals surface area contributed by atoms with E-state index in [0.717, 1.165) is 18.6 Å². The standard InChI is InChI=1S/C30H41ClO5/c1-4-6-7-8-9-10-11-12-13-22-34-25-16-14-24(15-17-25)29(32)35-26-18-20-27(21-19-26)36-30(33)28(31)23(3)5-2/h14-21,23,28H,4-13,22H2,1-3H3. The van der Waals surface area contributed by atoms with Crippen molar-refractivity contribution in [2.45, 2.75) is 90.4 Å². The second-order valence-corrected chi connectivity index (χ2v) is 9.74. The minimum absolute atomic E-state index is 0.0195. The average molecular weight is 517 g/mol. The maximum Gasteiger partial charge on any atom is 0.343 e. The van der Waals surface area contributed by atoms with Crippen LogP contribution in [-0.4, -0.2) is 23.9 Å². The zero-order chi connectivity index (χ0) is 26.2. The molecule has 0 aliphatic heterocycles. The summed E-state index contributed by atoms with van der Waals surface area (Å²) in [5, 5.41) is -0.704. The topological polar surface area (TPSA) is 61.8 Å². The number of rotatable bonds is 17. The van der Waals surface area contributed by atoms with Gasteiger partial charge in [-0.1, -0.05) is 78.6 Å². The van der Waals surface area contributed by atoms with Crippen LogP contribution >= 0.6 is 11.6 Å². The molecular weight excluding hydrogens is 476 g/mol. The summed E-state index contributed by atoms with van der Waals surface area (Å²) in [4.78, 5) is 24.6. The highest BCUT2D eigenvalue weighted by Crippen LogP contribution is 2.22. The molecule has 36 heavy (non-hydrogen) atoms. The maximum absolute atomic E-state index is 12.5. The second kappa shape index (κ2) is 17.0. The number of unbranched alkanes of at least 4 members (excludes halogenated alkanes) is 8. The Hall–Kier alpha value is -2.53. The molecule has 0 aliphatic rings. The molecule has 2 atom stereocenters. The summed E-state index contributed by atoms with van der Waals surface area (Å²) in [5.41, 5.74) is 0.430. The van der Waals surface area contributed by atoms with Gasteiger partial charge in [-0.25, -0.2) is 4.79 Å². The van der Waals surface area contributed by atoms with Crippen LogP contribution in [0.2, 0.25) is 0 Å². The van der Waals surface area contributed by atoms with Crippen LogP contribution in [0, 0.1) is 5.92 Å². The number of hydrogen-bond acceptors (Lipinski definition) is 5. The Morgan fingerprint density at radius 1 is 0.722 bits per heavy atom. The van der Waals surface area contributed by atoms with Crippen molar-refractivity contribution in [3.05, 3.63) is 54.1 Å². The predicted molar refractivity (Wildman–Crippen MR) is 145 cm³/mol. The van der Waals surface area contributed by atoms with E-state index in [9.17, 15) is 9.59 Å². The molecule has 0 aromatic heterocycles. The summed E-state index contributed by atoms with van der Waals surface area (Å²) in [6.07, 6.45) is 12.3. The third-order valence-electron chi connectivity index (χ3n) is 6.23. The van der Waals surface area contributed by atoms with Crippen LogP contribution < -0.4 is 14.2 Å². The summed E-state index contributed by atoms with van der Waals surface area (Å²) in [6, 6.07) is 13.3. The van der Waals surface area contributed by atoms with Crippen LogP contribution in [0.1, 0.15) is 95.3 Å². The fourth-order valence-electron chi connectivity index (χ4n) is 3.64.